The van der Waals surface area contributed by atoms with Gasteiger partial charge in [0.05, 0.1) is 16.3 Å². The second-order valence-corrected chi connectivity index (χ2v) is 6.49. The van der Waals surface area contributed by atoms with Gasteiger partial charge in [-0.1, -0.05) is 12.1 Å². The van der Waals surface area contributed by atoms with Crippen molar-refractivity contribution in [3.63, 3.8) is 0 Å². The average molecular weight is 419 g/mol. The van der Waals surface area contributed by atoms with Crippen LogP contribution in [-0.4, -0.2) is 14.7 Å². The SMILES string of the molecule is Cc1nn(-c2ccc(I)cc2)c(C)c1-c1cccc([N+](=O)[O-])c1. The van der Waals surface area contributed by atoms with Crippen LogP contribution in [-0.2, 0) is 0 Å². The summed E-state index contributed by atoms with van der Waals surface area (Å²) in [6.45, 7) is 3.90. The number of hydrogen-bond acceptors (Lipinski definition) is 3. The summed E-state index contributed by atoms with van der Waals surface area (Å²) in [6, 6.07) is 14.7. The number of halogens is 1. The lowest BCUT2D eigenvalue weighted by Gasteiger charge is -2.06. The molecule has 0 saturated carbocycles. The molecule has 0 saturated heterocycles. The lowest BCUT2D eigenvalue weighted by Crippen LogP contribution is -1.99. The number of hydrogen-bond donors (Lipinski definition) is 0. The highest BCUT2D eigenvalue weighted by Gasteiger charge is 2.16. The van der Waals surface area contributed by atoms with Crippen molar-refractivity contribution in [3.8, 4) is 16.8 Å². The Morgan fingerprint density at radius 1 is 1.13 bits per heavy atom. The maximum absolute atomic E-state index is 11.0. The van der Waals surface area contributed by atoms with Gasteiger partial charge in [-0.05, 0) is 66.3 Å². The van der Waals surface area contributed by atoms with E-state index >= 15 is 0 Å². The first-order valence-electron chi connectivity index (χ1n) is 7.04. The van der Waals surface area contributed by atoms with Gasteiger partial charge >= 0.3 is 0 Å². The van der Waals surface area contributed by atoms with Gasteiger partial charge in [-0.15, -0.1) is 0 Å². The van der Waals surface area contributed by atoms with Crippen LogP contribution < -0.4 is 0 Å². The molecule has 3 rings (SSSR count). The molecule has 0 N–H and O–H groups in total. The number of aromatic nitrogens is 2. The molecule has 23 heavy (non-hydrogen) atoms. The number of non-ortho nitro benzene ring substituents is 1. The minimum Gasteiger partial charge on any atom is -0.258 e. The lowest BCUT2D eigenvalue weighted by atomic mass is 10.0. The third-order valence-electron chi connectivity index (χ3n) is 3.71. The first-order chi connectivity index (χ1) is 11.0. The number of nitro groups is 1. The average Bonchev–Trinajstić information content (AvgIpc) is 2.83. The summed E-state index contributed by atoms with van der Waals surface area (Å²) in [5.74, 6) is 0. The third-order valence-corrected chi connectivity index (χ3v) is 4.43. The number of benzene rings is 2. The number of rotatable bonds is 3. The van der Waals surface area contributed by atoms with E-state index in [-0.39, 0.29) is 10.6 Å². The van der Waals surface area contributed by atoms with Crippen LogP contribution in [0.25, 0.3) is 16.8 Å². The molecule has 0 radical (unpaired) electrons. The number of aryl methyl sites for hydroxylation is 1. The molecule has 0 aliphatic rings. The molecule has 0 fully saturated rings. The Bertz CT molecular complexity index is 885. The van der Waals surface area contributed by atoms with Crippen LogP contribution in [0.1, 0.15) is 11.4 Å². The van der Waals surface area contributed by atoms with E-state index in [0.29, 0.717) is 0 Å². The molecule has 6 heteroatoms. The summed E-state index contributed by atoms with van der Waals surface area (Å²) in [5.41, 5.74) is 4.62. The van der Waals surface area contributed by atoms with Crippen molar-refractivity contribution in [1.82, 2.24) is 9.78 Å². The van der Waals surface area contributed by atoms with Gasteiger partial charge in [0.2, 0.25) is 0 Å². The quantitative estimate of drug-likeness (QED) is 0.352. The molecule has 0 unspecified atom stereocenters. The monoisotopic (exact) mass is 419 g/mol. The molecule has 0 aliphatic heterocycles. The Morgan fingerprint density at radius 3 is 2.48 bits per heavy atom. The molecule has 0 aliphatic carbocycles. The highest BCUT2D eigenvalue weighted by atomic mass is 127. The molecule has 2 aromatic carbocycles. The van der Waals surface area contributed by atoms with Gasteiger partial charge in [-0.25, -0.2) is 4.68 Å². The predicted octanol–water partition coefficient (Wildman–Crippen LogP) is 4.67. The summed E-state index contributed by atoms with van der Waals surface area (Å²) >= 11 is 2.26. The normalized spacial score (nSPS) is 10.7. The van der Waals surface area contributed by atoms with Crippen molar-refractivity contribution in [2.45, 2.75) is 13.8 Å². The van der Waals surface area contributed by atoms with Gasteiger partial charge in [-0.2, -0.15) is 5.10 Å². The van der Waals surface area contributed by atoms with E-state index in [2.05, 4.69) is 27.7 Å². The summed E-state index contributed by atoms with van der Waals surface area (Å²) in [5, 5.41) is 15.6. The van der Waals surface area contributed by atoms with E-state index < -0.39 is 0 Å². The molecule has 0 bridgehead atoms. The van der Waals surface area contributed by atoms with Crippen molar-refractivity contribution in [2.24, 2.45) is 0 Å². The van der Waals surface area contributed by atoms with Gasteiger partial charge in [0.15, 0.2) is 0 Å². The Labute approximate surface area is 147 Å². The van der Waals surface area contributed by atoms with E-state index in [0.717, 1.165) is 31.8 Å². The van der Waals surface area contributed by atoms with Crippen LogP contribution in [0.4, 0.5) is 5.69 Å². The molecular weight excluding hydrogens is 405 g/mol. The first-order valence-corrected chi connectivity index (χ1v) is 8.12. The van der Waals surface area contributed by atoms with E-state index in [1.54, 1.807) is 12.1 Å². The fourth-order valence-corrected chi connectivity index (χ4v) is 3.03. The van der Waals surface area contributed by atoms with Gasteiger partial charge in [0.25, 0.3) is 5.69 Å². The zero-order valence-electron chi connectivity index (χ0n) is 12.7. The van der Waals surface area contributed by atoms with Gasteiger partial charge < -0.3 is 0 Å². The maximum Gasteiger partial charge on any atom is 0.270 e. The Kier molecular flexibility index (Phi) is 4.16. The predicted molar refractivity (Wildman–Crippen MR) is 97.8 cm³/mol. The first kappa shape index (κ1) is 15.7. The zero-order chi connectivity index (χ0) is 16.6. The largest absolute Gasteiger partial charge is 0.270 e. The van der Waals surface area contributed by atoms with Gasteiger partial charge in [0.1, 0.15) is 0 Å². The van der Waals surface area contributed by atoms with Crippen LogP contribution in [0.5, 0.6) is 0 Å². The summed E-state index contributed by atoms with van der Waals surface area (Å²) in [7, 11) is 0. The second kappa shape index (κ2) is 6.11. The molecule has 0 atom stereocenters. The highest BCUT2D eigenvalue weighted by Crippen LogP contribution is 2.30. The number of nitro benzene ring substituents is 1. The Balaban J connectivity index is 2.13. The Morgan fingerprint density at radius 2 is 1.83 bits per heavy atom. The highest BCUT2D eigenvalue weighted by molar-refractivity contribution is 14.1. The maximum atomic E-state index is 11.0. The van der Waals surface area contributed by atoms with Crippen molar-refractivity contribution in [1.29, 1.82) is 0 Å². The van der Waals surface area contributed by atoms with E-state index in [1.807, 2.05) is 48.9 Å². The fraction of sp³-hybridized carbons (Fsp3) is 0.118. The molecule has 0 spiro atoms. The Hall–Kier alpha value is -2.22. The summed E-state index contributed by atoms with van der Waals surface area (Å²) in [4.78, 5) is 10.6. The van der Waals surface area contributed by atoms with Crippen LogP contribution in [0.3, 0.4) is 0 Å². The van der Waals surface area contributed by atoms with Crippen LogP contribution in [0.15, 0.2) is 48.5 Å². The molecule has 5 nitrogen and oxygen atoms in total. The molecule has 116 valence electrons. The van der Waals surface area contributed by atoms with Crippen LogP contribution in [0.2, 0.25) is 0 Å². The van der Waals surface area contributed by atoms with Crippen LogP contribution in [0, 0.1) is 27.5 Å². The molecule has 1 aromatic heterocycles. The smallest absolute Gasteiger partial charge is 0.258 e. The van der Waals surface area contributed by atoms with E-state index in [1.165, 1.54) is 6.07 Å². The minimum atomic E-state index is -0.377. The molecule has 3 aromatic rings. The van der Waals surface area contributed by atoms with Crippen molar-refractivity contribution < 1.29 is 4.92 Å². The lowest BCUT2D eigenvalue weighted by molar-refractivity contribution is -0.384. The molecular formula is C17H14IN3O2. The van der Waals surface area contributed by atoms with Crippen molar-refractivity contribution >= 4 is 28.3 Å². The second-order valence-electron chi connectivity index (χ2n) is 5.24. The minimum absolute atomic E-state index is 0.0864. The van der Waals surface area contributed by atoms with Crippen molar-refractivity contribution in [2.75, 3.05) is 0 Å². The third kappa shape index (κ3) is 2.98. The molecule has 0 amide bonds. The van der Waals surface area contributed by atoms with E-state index in [9.17, 15) is 10.1 Å². The molecule has 1 heterocycles. The van der Waals surface area contributed by atoms with Crippen molar-refractivity contribution in [3.05, 3.63) is 73.6 Å². The fourth-order valence-electron chi connectivity index (χ4n) is 2.67. The van der Waals surface area contributed by atoms with Crippen LogP contribution >= 0.6 is 22.6 Å². The topological polar surface area (TPSA) is 61.0 Å². The standard InChI is InChI=1S/C17H14IN3O2/c1-11-17(13-4-3-5-16(10-13)21(22)23)12(2)20(19-11)15-8-6-14(18)7-9-15/h3-10H,1-2H3. The zero-order valence-corrected chi connectivity index (χ0v) is 14.8. The number of nitrogens with zero attached hydrogens (tertiary/aromatic N) is 3. The van der Waals surface area contributed by atoms with Gasteiger partial charge in [0, 0.05) is 27.0 Å². The summed E-state index contributed by atoms with van der Waals surface area (Å²) in [6.07, 6.45) is 0. The summed E-state index contributed by atoms with van der Waals surface area (Å²) < 4.78 is 3.03. The van der Waals surface area contributed by atoms with Gasteiger partial charge in [-0.3, -0.25) is 10.1 Å². The van der Waals surface area contributed by atoms with E-state index in [4.69, 9.17) is 0 Å².